The summed E-state index contributed by atoms with van der Waals surface area (Å²) in [7, 11) is 4.67. The van der Waals surface area contributed by atoms with Gasteiger partial charge in [-0.3, -0.25) is 24.1 Å². The second-order valence-corrected chi connectivity index (χ2v) is 25.7. The number of carbonyl (C=O) groups excluding carboxylic acids is 4. The largest absolute Gasteiger partial charge is 0.462 e. The molecule has 0 aliphatic carbocycles. The van der Waals surface area contributed by atoms with E-state index in [0.29, 0.717) is 12.8 Å². The number of nitrogens with zero attached hydrogens (tertiary/aromatic N) is 1. The van der Waals surface area contributed by atoms with Gasteiger partial charge in [-0.1, -0.05) is 59.3 Å². The molecule has 0 saturated carbocycles. The van der Waals surface area contributed by atoms with E-state index in [-0.39, 0.29) is 44.5 Å². The van der Waals surface area contributed by atoms with Crippen LogP contribution in [0.25, 0.3) is 0 Å². The second-order valence-electron chi connectivity index (χ2n) is 21.0. The number of aliphatic hydroxyl groups excluding tert-OH is 1. The van der Waals surface area contributed by atoms with Gasteiger partial charge in [0.1, 0.15) is 30.0 Å². The van der Waals surface area contributed by atoms with Crippen molar-refractivity contribution in [3.8, 4) is 0 Å². The molecule has 73 heavy (non-hydrogen) atoms. The van der Waals surface area contributed by atoms with Crippen molar-refractivity contribution >= 4 is 32.0 Å². The molecule has 0 aromatic heterocycles. The first-order chi connectivity index (χ1) is 34.5. The molecular weight excluding hydrogens is 967 g/mol. The van der Waals surface area contributed by atoms with Gasteiger partial charge in [-0.25, -0.2) is 0 Å². The molecule has 3 saturated heterocycles. The fourth-order valence-corrected chi connectivity index (χ4v) is 13.7. The Morgan fingerprint density at radius 2 is 1.45 bits per heavy atom. The van der Waals surface area contributed by atoms with Crippen LogP contribution in [-0.2, 0) is 75.7 Å². The summed E-state index contributed by atoms with van der Waals surface area (Å²) in [5.74, 6) is -4.20. The van der Waals surface area contributed by atoms with Gasteiger partial charge in [-0.2, -0.15) is 0 Å². The van der Waals surface area contributed by atoms with Crippen molar-refractivity contribution in [1.82, 2.24) is 4.90 Å². The smallest absolute Gasteiger partial charge is 0.308 e. The van der Waals surface area contributed by atoms with Crippen molar-refractivity contribution in [3.05, 3.63) is 23.8 Å². The molecule has 2 N–H and O–H groups in total. The molecule has 0 spiro atoms. The van der Waals surface area contributed by atoms with Gasteiger partial charge in [0.2, 0.25) is 0 Å². The third-order valence-electron chi connectivity index (χ3n) is 15.4. The van der Waals surface area contributed by atoms with Gasteiger partial charge in [0, 0.05) is 52.4 Å². The number of hydrogen-bond acceptors (Lipinski definition) is 19. The van der Waals surface area contributed by atoms with Gasteiger partial charge >= 0.3 is 17.9 Å². The maximum atomic E-state index is 14.6. The number of methoxy groups -OCH3 is 2. The van der Waals surface area contributed by atoms with Crippen LogP contribution >= 0.6 is 0 Å². The van der Waals surface area contributed by atoms with Crippen molar-refractivity contribution in [3.63, 3.8) is 0 Å². The van der Waals surface area contributed by atoms with Gasteiger partial charge in [0.25, 0.3) is 0 Å². The number of allylic oxidation sites excluding steroid dienone is 3. The van der Waals surface area contributed by atoms with Crippen LogP contribution in [0.3, 0.4) is 0 Å². The summed E-state index contributed by atoms with van der Waals surface area (Å²) in [6.07, 6.45) is -3.51. The van der Waals surface area contributed by atoms with E-state index < -0.39 is 142 Å². The first kappa shape index (κ1) is 62.8. The van der Waals surface area contributed by atoms with Crippen molar-refractivity contribution in [2.24, 2.45) is 23.7 Å². The van der Waals surface area contributed by atoms with Gasteiger partial charge in [0.15, 0.2) is 32.8 Å². The Kier molecular flexibility index (Phi) is 25.1. The number of ketones is 1. The minimum Gasteiger partial charge on any atom is -0.462 e. The lowest BCUT2D eigenvalue weighted by molar-refractivity contribution is -0.309. The average molecular weight is 1060 g/mol. The zero-order valence-electron chi connectivity index (χ0n) is 46.4. The molecule has 3 fully saturated rings. The Hall–Kier alpha value is -2.70. The Balaban J connectivity index is 1.78. The minimum absolute atomic E-state index is 0.0329. The summed E-state index contributed by atoms with van der Waals surface area (Å²) in [6, 6.07) is 2.14. The number of aliphatic hydroxyl groups is 2. The van der Waals surface area contributed by atoms with E-state index in [9.17, 15) is 29.4 Å². The molecule has 4 rings (SSSR count). The number of carbonyl (C=O) groups is 4. The SMILES string of the molecule is CC[C@H]1OC(=O)C[C@H]2OCC(O)(CO)COCC[C@@H](C[C@@H](C)C(=O)/C=C/C(C)=C/[C@@H]1COC1O[C@H](C)[C@@H](O[Si](CC)(CC)CC)[C@@H](OC)[C@H]1OC)[C@H](OC1O[C@H](C)[C@@H](OC(C)=O)[C@H](N(C)C)[C@H]1OC(C)=O)[C@H]2C. The molecule has 0 amide bonds. The monoisotopic (exact) mass is 1060 g/mol. The standard InChI is InChI=1S/C53H91NO18Si/c1-16-41-39(27-64-51-50(62-15)49(61-14)47(35(9)66-51)72-73(17-2,18-3)19-4)24-31(5)20-21-40(58)32(6)25-38-22-23-63-29-53(60,28-55)30-65-42(26-43(59)70-41)33(7)45(38)71-52-48(69-37(11)57)44(54(12)13)46(34(8)67-52)68-36(10)56/h20-21,24,32-35,38-39,41-42,44-52,55,60H,16-19,22-23,25-30H2,1-15H3/b21-20+,31-24+/t32-,33+,34-,35-,38+,39-,41-,42-,44+,45-,46-,47-,48-,49-,50-,51?,52?,53?/m1/s1. The van der Waals surface area contributed by atoms with Gasteiger partial charge in [-0.15, -0.1) is 0 Å². The Morgan fingerprint density at radius 1 is 0.836 bits per heavy atom. The summed E-state index contributed by atoms with van der Waals surface area (Å²) in [5.41, 5.74) is -1.09. The molecule has 2 bridgehead atoms. The van der Waals surface area contributed by atoms with Crippen LogP contribution in [-0.4, -0.2) is 194 Å². The number of rotatable bonds is 17. The van der Waals surface area contributed by atoms with E-state index in [1.165, 1.54) is 13.8 Å². The number of likely N-dealkylation sites (N-methyl/N-ethyl adjacent to an activating group) is 1. The van der Waals surface area contributed by atoms with Crippen molar-refractivity contribution in [2.45, 2.75) is 205 Å². The molecule has 0 aromatic carbocycles. The number of cyclic esters (lactones) is 1. The maximum absolute atomic E-state index is 14.6. The molecule has 4 aliphatic rings. The van der Waals surface area contributed by atoms with Crippen molar-refractivity contribution < 1.29 is 85.9 Å². The van der Waals surface area contributed by atoms with E-state index in [1.54, 1.807) is 52.3 Å². The molecule has 420 valence electrons. The highest BCUT2D eigenvalue weighted by atomic mass is 28.4. The zero-order chi connectivity index (χ0) is 54.4. The van der Waals surface area contributed by atoms with E-state index >= 15 is 0 Å². The first-order valence-electron chi connectivity index (χ1n) is 26.5. The fraction of sp³-hybridized carbons (Fsp3) is 0.849. The van der Waals surface area contributed by atoms with Crippen LogP contribution < -0.4 is 0 Å². The summed E-state index contributed by atoms with van der Waals surface area (Å²) in [5, 5.41) is 21.9. The van der Waals surface area contributed by atoms with Crippen LogP contribution in [0.1, 0.15) is 102 Å². The Labute approximate surface area is 435 Å². The van der Waals surface area contributed by atoms with Crippen molar-refractivity contribution in [1.29, 1.82) is 0 Å². The highest BCUT2D eigenvalue weighted by molar-refractivity contribution is 6.73. The summed E-state index contributed by atoms with van der Waals surface area (Å²) >= 11 is 0. The third-order valence-corrected chi connectivity index (χ3v) is 20.0. The number of hydrogen-bond donors (Lipinski definition) is 2. The Bertz CT molecular complexity index is 1810. The second kappa shape index (κ2) is 29.2. The topological polar surface area (TPSA) is 223 Å². The molecular formula is C53H91NO18Si. The predicted octanol–water partition coefficient (Wildman–Crippen LogP) is 5.31. The average Bonchev–Trinajstić information content (AvgIpc) is 3.36. The molecule has 20 heteroatoms. The quantitative estimate of drug-likeness (QED) is 0.107. The van der Waals surface area contributed by atoms with E-state index in [1.807, 2.05) is 40.7 Å². The normalized spacial score (nSPS) is 38.9. The van der Waals surface area contributed by atoms with Crippen LogP contribution in [0.2, 0.25) is 18.1 Å². The number of fused-ring (bicyclic) bond motifs is 3. The maximum Gasteiger partial charge on any atom is 0.308 e. The van der Waals surface area contributed by atoms with Crippen LogP contribution in [0.5, 0.6) is 0 Å². The zero-order valence-corrected chi connectivity index (χ0v) is 47.4. The lowest BCUT2D eigenvalue weighted by atomic mass is 9.79. The molecule has 0 radical (unpaired) electrons. The lowest BCUT2D eigenvalue weighted by Crippen LogP contribution is -2.65. The molecule has 19 nitrogen and oxygen atoms in total. The molecule has 0 aromatic rings. The molecule has 3 unspecified atom stereocenters. The minimum atomic E-state index is -2.09. The van der Waals surface area contributed by atoms with E-state index in [0.717, 1.165) is 23.7 Å². The van der Waals surface area contributed by atoms with E-state index in [2.05, 4.69) is 20.8 Å². The number of ether oxygens (including phenoxy) is 11. The predicted molar refractivity (Wildman–Crippen MR) is 272 cm³/mol. The van der Waals surface area contributed by atoms with E-state index in [4.69, 9.17) is 56.5 Å². The van der Waals surface area contributed by atoms with Gasteiger partial charge < -0.3 is 66.7 Å². The third kappa shape index (κ3) is 16.9. The fourth-order valence-electron chi connectivity index (χ4n) is 10.8. The summed E-state index contributed by atoms with van der Waals surface area (Å²) in [4.78, 5) is 55.7. The lowest BCUT2D eigenvalue weighted by Gasteiger charge is -2.48. The highest BCUT2D eigenvalue weighted by Crippen LogP contribution is 2.39. The summed E-state index contributed by atoms with van der Waals surface area (Å²) < 4.78 is 76.3. The van der Waals surface area contributed by atoms with Gasteiger partial charge in [-0.05, 0) is 84.3 Å². The highest BCUT2D eigenvalue weighted by Gasteiger charge is 2.53. The number of esters is 3. The van der Waals surface area contributed by atoms with Gasteiger partial charge in [0.05, 0.1) is 69.4 Å². The first-order valence-corrected chi connectivity index (χ1v) is 29.0. The molecule has 18 atom stereocenters. The summed E-state index contributed by atoms with van der Waals surface area (Å²) in [6.45, 7) is 19.0. The van der Waals surface area contributed by atoms with Crippen molar-refractivity contribution in [2.75, 3.05) is 61.3 Å². The van der Waals surface area contributed by atoms with Crippen LogP contribution in [0.15, 0.2) is 23.8 Å². The van der Waals surface area contributed by atoms with Crippen LogP contribution in [0, 0.1) is 23.7 Å². The molecule has 4 heterocycles. The molecule has 4 aliphatic heterocycles. The van der Waals surface area contributed by atoms with Crippen LogP contribution in [0.4, 0.5) is 0 Å². The Morgan fingerprint density at radius 3 is 2.03 bits per heavy atom.